The molecule has 3 aromatic rings. The second-order valence-corrected chi connectivity index (χ2v) is 6.00. The summed E-state index contributed by atoms with van der Waals surface area (Å²) in [5, 5.41) is 0. The van der Waals surface area contributed by atoms with E-state index >= 15 is 0 Å². The Balaban J connectivity index is 1.97. The molecule has 0 N–H and O–H groups in total. The summed E-state index contributed by atoms with van der Waals surface area (Å²) in [6.07, 6.45) is 0. The van der Waals surface area contributed by atoms with Crippen LogP contribution in [0.4, 0.5) is 4.39 Å². The topological polar surface area (TPSA) is 27.1 Å². The lowest BCUT2D eigenvalue weighted by molar-refractivity contribution is 0.0670. The van der Waals surface area contributed by atoms with E-state index in [9.17, 15) is 4.39 Å². The number of imidazole rings is 1. The first-order valence-electron chi connectivity index (χ1n) is 6.72. The average molecular weight is 347 g/mol. The molecule has 0 bridgehead atoms. The van der Waals surface area contributed by atoms with E-state index in [1.54, 1.807) is 6.07 Å². The minimum atomic E-state index is -0.212. The number of fused-ring (bicyclic) bond motifs is 3. The number of ether oxygens (including phenoxy) is 1. The molecule has 1 unspecified atom stereocenters. The molecular weight excluding hydrogens is 335 g/mol. The summed E-state index contributed by atoms with van der Waals surface area (Å²) < 4.78 is 22.8. The molecule has 5 heteroatoms. The molecule has 4 rings (SSSR count). The highest BCUT2D eigenvalue weighted by Crippen LogP contribution is 2.32. The fourth-order valence-electron chi connectivity index (χ4n) is 2.88. The molecule has 3 nitrogen and oxygen atoms in total. The number of rotatable bonds is 1. The lowest BCUT2D eigenvalue weighted by Crippen LogP contribution is -2.25. The first-order chi connectivity index (χ1) is 10.2. The number of halogens is 2. The van der Waals surface area contributed by atoms with Crippen molar-refractivity contribution in [3.05, 3.63) is 64.1 Å². The fourth-order valence-corrected chi connectivity index (χ4v) is 3.23. The van der Waals surface area contributed by atoms with Crippen molar-refractivity contribution in [1.82, 2.24) is 9.55 Å². The molecule has 0 saturated carbocycles. The SMILES string of the molecule is Fc1ccccc1C1COCc2nc3ccc(Br)cc3n21. The Bertz CT molecular complexity index is 830. The van der Waals surface area contributed by atoms with E-state index in [-0.39, 0.29) is 11.9 Å². The van der Waals surface area contributed by atoms with Crippen molar-refractivity contribution < 1.29 is 9.13 Å². The summed E-state index contributed by atoms with van der Waals surface area (Å²) in [6, 6.07) is 12.6. The summed E-state index contributed by atoms with van der Waals surface area (Å²) in [5.41, 5.74) is 2.54. The summed E-state index contributed by atoms with van der Waals surface area (Å²) in [5.74, 6) is 0.624. The van der Waals surface area contributed by atoms with Crippen molar-refractivity contribution in [3.63, 3.8) is 0 Å². The molecule has 0 aliphatic carbocycles. The molecular formula is C16H12BrFN2O. The number of hydrogen-bond donors (Lipinski definition) is 0. The van der Waals surface area contributed by atoms with Gasteiger partial charge in [0.1, 0.15) is 18.2 Å². The van der Waals surface area contributed by atoms with Gasteiger partial charge in [-0.3, -0.25) is 0 Å². The van der Waals surface area contributed by atoms with Crippen molar-refractivity contribution in [2.45, 2.75) is 12.6 Å². The average Bonchev–Trinajstić information content (AvgIpc) is 2.86. The van der Waals surface area contributed by atoms with Gasteiger partial charge in [0.25, 0.3) is 0 Å². The summed E-state index contributed by atoms with van der Waals surface area (Å²) in [4.78, 5) is 4.59. The maximum atomic E-state index is 14.2. The molecule has 1 aliphatic heterocycles. The van der Waals surface area contributed by atoms with Gasteiger partial charge in [0.05, 0.1) is 23.7 Å². The highest BCUT2D eigenvalue weighted by Gasteiger charge is 2.27. The Hall–Kier alpha value is -1.72. The van der Waals surface area contributed by atoms with Gasteiger partial charge in [-0.05, 0) is 24.3 Å². The second-order valence-electron chi connectivity index (χ2n) is 5.08. The zero-order chi connectivity index (χ0) is 14.4. The van der Waals surface area contributed by atoms with Gasteiger partial charge >= 0.3 is 0 Å². The number of aromatic nitrogens is 2. The van der Waals surface area contributed by atoms with Gasteiger partial charge in [-0.15, -0.1) is 0 Å². The van der Waals surface area contributed by atoms with Crippen LogP contribution in [0.15, 0.2) is 46.9 Å². The molecule has 0 spiro atoms. The third-order valence-electron chi connectivity index (χ3n) is 3.81. The first-order valence-corrected chi connectivity index (χ1v) is 7.52. The Morgan fingerprint density at radius 1 is 1.24 bits per heavy atom. The van der Waals surface area contributed by atoms with Gasteiger partial charge in [-0.25, -0.2) is 9.37 Å². The van der Waals surface area contributed by atoms with Gasteiger partial charge in [-0.2, -0.15) is 0 Å². The van der Waals surface area contributed by atoms with Gasteiger partial charge in [0.2, 0.25) is 0 Å². The van der Waals surface area contributed by atoms with E-state index in [4.69, 9.17) is 4.74 Å². The van der Waals surface area contributed by atoms with E-state index < -0.39 is 0 Å². The third kappa shape index (κ3) is 2.08. The minimum Gasteiger partial charge on any atom is -0.371 e. The normalized spacial score (nSPS) is 17.9. The maximum Gasteiger partial charge on any atom is 0.136 e. The second kappa shape index (κ2) is 4.93. The minimum absolute atomic E-state index is 0.186. The van der Waals surface area contributed by atoms with Crippen LogP contribution in [0.3, 0.4) is 0 Å². The Morgan fingerprint density at radius 2 is 2.10 bits per heavy atom. The van der Waals surface area contributed by atoms with E-state index in [1.165, 1.54) is 6.07 Å². The van der Waals surface area contributed by atoms with E-state index in [0.717, 1.165) is 21.3 Å². The van der Waals surface area contributed by atoms with Crippen LogP contribution < -0.4 is 0 Å². The van der Waals surface area contributed by atoms with Crippen LogP contribution in [0.25, 0.3) is 11.0 Å². The predicted octanol–water partition coefficient (Wildman–Crippen LogP) is 4.06. The van der Waals surface area contributed by atoms with Crippen LogP contribution in [0.2, 0.25) is 0 Å². The summed E-state index contributed by atoms with van der Waals surface area (Å²) in [7, 11) is 0. The Morgan fingerprint density at radius 3 is 2.95 bits per heavy atom. The zero-order valence-electron chi connectivity index (χ0n) is 11.1. The van der Waals surface area contributed by atoms with Gasteiger partial charge in [-0.1, -0.05) is 34.1 Å². The predicted molar refractivity (Wildman–Crippen MR) is 81.6 cm³/mol. The maximum absolute atomic E-state index is 14.2. The number of nitrogens with zero attached hydrogens (tertiary/aromatic N) is 2. The van der Waals surface area contributed by atoms with Crippen LogP contribution in [-0.2, 0) is 11.3 Å². The van der Waals surface area contributed by atoms with Crippen LogP contribution in [-0.4, -0.2) is 16.2 Å². The lowest BCUT2D eigenvalue weighted by atomic mass is 10.1. The Kier molecular flexibility index (Phi) is 3.05. The van der Waals surface area contributed by atoms with Crippen LogP contribution in [0.5, 0.6) is 0 Å². The molecule has 0 saturated heterocycles. The molecule has 0 radical (unpaired) electrons. The smallest absolute Gasteiger partial charge is 0.136 e. The standard InChI is InChI=1S/C16H12BrFN2O/c17-10-5-6-13-14(7-10)20-15(8-21-9-16(20)19-13)11-3-1-2-4-12(11)18/h1-7,15H,8-9H2. The third-order valence-corrected chi connectivity index (χ3v) is 4.30. The van der Waals surface area contributed by atoms with Crippen molar-refractivity contribution in [2.75, 3.05) is 6.61 Å². The zero-order valence-corrected chi connectivity index (χ0v) is 12.7. The highest BCUT2D eigenvalue weighted by molar-refractivity contribution is 9.10. The van der Waals surface area contributed by atoms with Crippen molar-refractivity contribution in [2.24, 2.45) is 0 Å². The fraction of sp³-hybridized carbons (Fsp3) is 0.188. The quantitative estimate of drug-likeness (QED) is 0.664. The van der Waals surface area contributed by atoms with Crippen LogP contribution in [0, 0.1) is 5.82 Å². The number of hydrogen-bond acceptors (Lipinski definition) is 2. The molecule has 21 heavy (non-hydrogen) atoms. The van der Waals surface area contributed by atoms with Crippen LogP contribution >= 0.6 is 15.9 Å². The summed E-state index contributed by atoms with van der Waals surface area (Å²) >= 11 is 3.49. The molecule has 0 fully saturated rings. The molecule has 0 amide bonds. The van der Waals surface area contributed by atoms with Crippen molar-refractivity contribution >= 4 is 27.0 Å². The molecule has 1 aliphatic rings. The van der Waals surface area contributed by atoms with Gasteiger partial charge in [0.15, 0.2) is 0 Å². The van der Waals surface area contributed by atoms with Crippen molar-refractivity contribution in [1.29, 1.82) is 0 Å². The molecule has 1 aromatic heterocycles. The number of benzene rings is 2. The van der Waals surface area contributed by atoms with Crippen molar-refractivity contribution in [3.8, 4) is 0 Å². The largest absolute Gasteiger partial charge is 0.371 e. The first kappa shape index (κ1) is 13.0. The molecule has 2 heterocycles. The molecule has 2 aromatic carbocycles. The highest BCUT2D eigenvalue weighted by atomic mass is 79.9. The van der Waals surface area contributed by atoms with Gasteiger partial charge in [0, 0.05) is 10.0 Å². The molecule has 1 atom stereocenters. The summed E-state index contributed by atoms with van der Waals surface area (Å²) in [6.45, 7) is 0.906. The van der Waals surface area contributed by atoms with E-state index in [2.05, 4.69) is 25.5 Å². The van der Waals surface area contributed by atoms with Crippen LogP contribution in [0.1, 0.15) is 17.4 Å². The molecule has 106 valence electrons. The van der Waals surface area contributed by atoms with Gasteiger partial charge < -0.3 is 9.30 Å². The van der Waals surface area contributed by atoms with E-state index in [0.29, 0.717) is 18.8 Å². The van der Waals surface area contributed by atoms with E-state index in [1.807, 2.05) is 30.3 Å². The Labute approximate surface area is 129 Å². The lowest BCUT2D eigenvalue weighted by Gasteiger charge is -2.26. The monoisotopic (exact) mass is 346 g/mol.